The van der Waals surface area contributed by atoms with Crippen molar-refractivity contribution >= 4 is 17.8 Å². The molecule has 1 heterocycles. The molecule has 4 heteroatoms. The maximum absolute atomic E-state index is 11.5. The lowest BCUT2D eigenvalue weighted by Gasteiger charge is -2.23. The Labute approximate surface area is 125 Å². The largest absolute Gasteiger partial charge is 0.347 e. The highest BCUT2D eigenvalue weighted by Crippen LogP contribution is 2.46. The number of carbonyl (C=O) groups excluding carboxylic acids is 1. The number of hydrazone groups is 1. The molecule has 1 aliphatic carbocycles. The van der Waals surface area contributed by atoms with E-state index >= 15 is 0 Å². The molecule has 1 fully saturated rings. The van der Waals surface area contributed by atoms with Crippen LogP contribution >= 0.6 is 0 Å². The topological polar surface area (TPSA) is 44.7 Å². The van der Waals surface area contributed by atoms with Crippen LogP contribution in [0.4, 0.5) is 5.69 Å². The first-order valence-electron chi connectivity index (χ1n) is 7.38. The van der Waals surface area contributed by atoms with E-state index < -0.39 is 0 Å². The summed E-state index contributed by atoms with van der Waals surface area (Å²) in [6, 6.07) is 8.42. The third-order valence-electron chi connectivity index (χ3n) is 4.37. The third-order valence-corrected chi connectivity index (χ3v) is 4.37. The second kappa shape index (κ2) is 5.02. The number of amides is 1. The van der Waals surface area contributed by atoms with Gasteiger partial charge in [0, 0.05) is 36.0 Å². The molecule has 1 amide bonds. The minimum Gasteiger partial charge on any atom is -0.347 e. The van der Waals surface area contributed by atoms with Crippen LogP contribution in [-0.4, -0.2) is 19.2 Å². The zero-order valence-corrected chi connectivity index (χ0v) is 12.8. The fourth-order valence-electron chi connectivity index (χ4n) is 2.95. The van der Waals surface area contributed by atoms with Crippen molar-refractivity contribution in [2.24, 2.45) is 11.0 Å². The molecule has 0 unspecified atom stereocenters. The molecule has 3 rings (SSSR count). The Kier molecular flexibility index (Phi) is 3.32. The molecule has 0 spiro atoms. The fraction of sp³-hybridized carbons (Fsp3) is 0.412. The highest BCUT2D eigenvalue weighted by atomic mass is 16.2. The van der Waals surface area contributed by atoms with Crippen molar-refractivity contribution in [3.63, 3.8) is 0 Å². The molecule has 4 nitrogen and oxygen atoms in total. The van der Waals surface area contributed by atoms with Crippen LogP contribution in [0.3, 0.4) is 0 Å². The van der Waals surface area contributed by atoms with Crippen LogP contribution in [0, 0.1) is 5.92 Å². The first kappa shape index (κ1) is 13.9. The number of allylic oxidation sites excluding steroid dienone is 2. The number of carbonyl (C=O) groups is 1. The number of benzene rings is 1. The number of hydrogen-bond acceptors (Lipinski definition) is 3. The summed E-state index contributed by atoms with van der Waals surface area (Å²) in [6.07, 6.45) is 5.65. The molecule has 1 N–H and O–H groups in total. The minimum atomic E-state index is -0.0577. The van der Waals surface area contributed by atoms with Crippen LogP contribution in [0.25, 0.3) is 0 Å². The second-order valence-electron chi connectivity index (χ2n) is 6.28. The van der Waals surface area contributed by atoms with Gasteiger partial charge in [0.1, 0.15) is 0 Å². The summed E-state index contributed by atoms with van der Waals surface area (Å²) < 4.78 is 0. The molecule has 0 atom stereocenters. The number of anilines is 1. The molecule has 1 aromatic rings. The number of rotatable bonds is 3. The summed E-state index contributed by atoms with van der Waals surface area (Å²) in [6.45, 7) is 4.41. The van der Waals surface area contributed by atoms with Gasteiger partial charge in [-0.05, 0) is 30.5 Å². The Hall–Kier alpha value is -2.10. The van der Waals surface area contributed by atoms with Gasteiger partial charge >= 0.3 is 0 Å². The fourth-order valence-corrected chi connectivity index (χ4v) is 2.95. The number of para-hydroxylation sites is 1. The molecule has 110 valence electrons. The lowest BCUT2D eigenvalue weighted by molar-refractivity contribution is -0.122. The number of nitrogens with one attached hydrogen (secondary N) is 1. The summed E-state index contributed by atoms with van der Waals surface area (Å²) in [4.78, 5) is 13.7. The van der Waals surface area contributed by atoms with E-state index in [9.17, 15) is 4.79 Å². The van der Waals surface area contributed by atoms with Crippen molar-refractivity contribution in [3.8, 4) is 0 Å². The molecule has 1 aromatic carbocycles. The van der Waals surface area contributed by atoms with Crippen LogP contribution in [-0.2, 0) is 10.2 Å². The predicted molar refractivity (Wildman–Crippen MR) is 85.3 cm³/mol. The van der Waals surface area contributed by atoms with Gasteiger partial charge in [0.05, 0.1) is 0 Å². The average Bonchev–Trinajstić information content (AvgIpc) is 3.28. The van der Waals surface area contributed by atoms with Gasteiger partial charge in [0.2, 0.25) is 5.91 Å². The van der Waals surface area contributed by atoms with Gasteiger partial charge in [-0.1, -0.05) is 32.0 Å². The maximum atomic E-state index is 11.5. The predicted octanol–water partition coefficient (Wildman–Crippen LogP) is 2.81. The van der Waals surface area contributed by atoms with Crippen molar-refractivity contribution < 1.29 is 4.79 Å². The van der Waals surface area contributed by atoms with Gasteiger partial charge in [-0.15, -0.1) is 0 Å². The van der Waals surface area contributed by atoms with E-state index in [-0.39, 0.29) is 17.2 Å². The normalized spacial score (nSPS) is 21.9. The second-order valence-corrected chi connectivity index (χ2v) is 6.28. The Morgan fingerprint density at radius 2 is 2.10 bits per heavy atom. The highest BCUT2D eigenvalue weighted by Gasteiger charge is 2.37. The van der Waals surface area contributed by atoms with Gasteiger partial charge in [0.15, 0.2) is 0 Å². The summed E-state index contributed by atoms with van der Waals surface area (Å²) in [5.74, 6) is 0.219. The molecule has 0 radical (unpaired) electrons. The van der Waals surface area contributed by atoms with Gasteiger partial charge in [-0.2, -0.15) is 5.10 Å². The molecule has 21 heavy (non-hydrogen) atoms. The Morgan fingerprint density at radius 3 is 2.76 bits per heavy atom. The molecule has 0 bridgehead atoms. The molecule has 1 saturated carbocycles. The van der Waals surface area contributed by atoms with Crippen LogP contribution in [0.1, 0.15) is 32.3 Å². The number of likely N-dealkylation sites (N-methyl/N-ethyl adjacent to an activating group) is 1. The summed E-state index contributed by atoms with van der Waals surface area (Å²) in [7, 11) is 2.07. The summed E-state index contributed by atoms with van der Waals surface area (Å²) >= 11 is 0. The van der Waals surface area contributed by atoms with E-state index in [0.29, 0.717) is 0 Å². The summed E-state index contributed by atoms with van der Waals surface area (Å²) in [5, 5.41) is 4.03. The van der Waals surface area contributed by atoms with Crippen LogP contribution in [0.2, 0.25) is 0 Å². The molecule has 1 aliphatic heterocycles. The van der Waals surface area contributed by atoms with Crippen molar-refractivity contribution in [2.75, 3.05) is 11.9 Å². The first-order valence-corrected chi connectivity index (χ1v) is 7.38. The van der Waals surface area contributed by atoms with Gasteiger partial charge < -0.3 is 4.90 Å². The van der Waals surface area contributed by atoms with Gasteiger partial charge in [-0.25, -0.2) is 5.43 Å². The lowest BCUT2D eigenvalue weighted by atomic mass is 9.84. The summed E-state index contributed by atoms with van der Waals surface area (Å²) in [5.41, 5.74) is 6.26. The van der Waals surface area contributed by atoms with Crippen LogP contribution in [0.15, 0.2) is 41.1 Å². The van der Waals surface area contributed by atoms with Crippen molar-refractivity contribution in [1.29, 1.82) is 0 Å². The van der Waals surface area contributed by atoms with Gasteiger partial charge in [-0.3, -0.25) is 4.79 Å². The number of hydrogen-bond donors (Lipinski definition) is 1. The Morgan fingerprint density at radius 1 is 1.38 bits per heavy atom. The van der Waals surface area contributed by atoms with E-state index in [4.69, 9.17) is 0 Å². The quantitative estimate of drug-likeness (QED) is 0.685. The Bertz CT molecular complexity index is 627. The van der Waals surface area contributed by atoms with E-state index in [1.165, 1.54) is 16.9 Å². The third kappa shape index (κ3) is 2.46. The first-order chi connectivity index (χ1) is 10.0. The molecular formula is C17H21N3O. The highest BCUT2D eigenvalue weighted by molar-refractivity contribution is 5.83. The Balaban J connectivity index is 1.77. The van der Waals surface area contributed by atoms with Crippen molar-refractivity contribution in [1.82, 2.24) is 5.43 Å². The van der Waals surface area contributed by atoms with E-state index in [1.807, 2.05) is 6.08 Å². The maximum Gasteiger partial charge on any atom is 0.243 e. The lowest BCUT2D eigenvalue weighted by Crippen LogP contribution is -2.23. The van der Waals surface area contributed by atoms with Crippen LogP contribution < -0.4 is 10.3 Å². The zero-order valence-electron chi connectivity index (χ0n) is 12.8. The monoisotopic (exact) mass is 283 g/mol. The smallest absolute Gasteiger partial charge is 0.243 e. The van der Waals surface area contributed by atoms with E-state index in [0.717, 1.165) is 12.8 Å². The molecular weight excluding hydrogens is 262 g/mol. The average molecular weight is 283 g/mol. The minimum absolute atomic E-state index is 0.0342. The number of nitrogens with zero attached hydrogens (tertiary/aromatic N) is 2. The van der Waals surface area contributed by atoms with Crippen molar-refractivity contribution in [2.45, 2.75) is 32.1 Å². The van der Waals surface area contributed by atoms with Crippen molar-refractivity contribution in [3.05, 3.63) is 41.6 Å². The van der Waals surface area contributed by atoms with Gasteiger partial charge in [0.25, 0.3) is 0 Å². The zero-order chi connectivity index (χ0) is 15.0. The molecule has 0 saturated heterocycles. The molecule has 0 aromatic heterocycles. The SMILES string of the molecule is CN1/C(=C\C=NNC(=O)C2CC2)C(C)(C)c2ccccc21. The molecule has 2 aliphatic rings. The van der Waals surface area contributed by atoms with Crippen LogP contribution in [0.5, 0.6) is 0 Å². The van der Waals surface area contributed by atoms with E-state index in [2.05, 4.69) is 60.6 Å². The van der Waals surface area contributed by atoms with E-state index in [1.54, 1.807) is 6.21 Å². The number of fused-ring (bicyclic) bond motifs is 1. The standard InChI is InChI=1S/C17H21N3O/c1-17(2)13-6-4-5-7-14(13)20(3)15(17)10-11-18-19-16(21)12-8-9-12/h4-7,10-12H,8-9H2,1-3H3,(H,19,21)/b15-10-,18-11?.